The van der Waals surface area contributed by atoms with Crippen molar-refractivity contribution in [2.45, 2.75) is 12.8 Å². The molecule has 102 valence electrons. The van der Waals surface area contributed by atoms with E-state index in [-0.39, 0.29) is 12.5 Å². The Balaban J connectivity index is 2.02. The van der Waals surface area contributed by atoms with Crippen LogP contribution in [0, 0.1) is 5.92 Å². The van der Waals surface area contributed by atoms with Gasteiger partial charge in [-0.15, -0.1) is 0 Å². The van der Waals surface area contributed by atoms with Crippen LogP contribution in [-0.2, 0) is 0 Å². The number of nitrogens with zero attached hydrogens (tertiary/aromatic N) is 1. The molecule has 1 fully saturated rings. The Morgan fingerprint density at radius 3 is 2.16 bits per heavy atom. The summed E-state index contributed by atoms with van der Waals surface area (Å²) < 4.78 is 0. The van der Waals surface area contributed by atoms with Crippen molar-refractivity contribution in [2.75, 3.05) is 19.7 Å². The van der Waals surface area contributed by atoms with Gasteiger partial charge in [0.25, 0.3) is 5.91 Å². The molecule has 5 nitrogen and oxygen atoms in total. The molecule has 0 unspecified atom stereocenters. The van der Waals surface area contributed by atoms with E-state index in [9.17, 15) is 9.59 Å². The lowest BCUT2D eigenvalue weighted by molar-refractivity contribution is 0.0650. The first-order chi connectivity index (χ1) is 9.11. The molecule has 0 saturated carbocycles. The number of carbonyl (C=O) groups is 2. The lowest BCUT2D eigenvalue weighted by Crippen LogP contribution is -2.39. The van der Waals surface area contributed by atoms with Crippen LogP contribution in [0.4, 0.5) is 0 Å². The fourth-order valence-electron chi connectivity index (χ4n) is 2.28. The second kappa shape index (κ2) is 5.84. The molecule has 0 bridgehead atoms. The predicted octanol–water partition coefficient (Wildman–Crippen LogP) is 0.630. The van der Waals surface area contributed by atoms with E-state index < -0.39 is 5.91 Å². The lowest BCUT2D eigenvalue weighted by Gasteiger charge is -2.31. The van der Waals surface area contributed by atoms with Gasteiger partial charge in [-0.3, -0.25) is 9.59 Å². The van der Waals surface area contributed by atoms with Crippen LogP contribution in [0.3, 0.4) is 0 Å². The second-order valence-electron chi connectivity index (χ2n) is 4.86. The Morgan fingerprint density at radius 2 is 1.68 bits per heavy atom. The van der Waals surface area contributed by atoms with Crippen molar-refractivity contribution in [1.29, 1.82) is 0 Å². The summed E-state index contributed by atoms with van der Waals surface area (Å²) in [4.78, 5) is 25.0. The van der Waals surface area contributed by atoms with Gasteiger partial charge in [-0.1, -0.05) is 0 Å². The van der Waals surface area contributed by atoms with Crippen LogP contribution in [-0.4, -0.2) is 41.5 Å². The Morgan fingerprint density at radius 1 is 1.16 bits per heavy atom. The third kappa shape index (κ3) is 3.12. The van der Waals surface area contributed by atoms with Crippen molar-refractivity contribution in [3.63, 3.8) is 0 Å². The van der Waals surface area contributed by atoms with Crippen molar-refractivity contribution in [3.05, 3.63) is 35.4 Å². The highest BCUT2D eigenvalue weighted by atomic mass is 16.3. The number of hydrogen-bond donors (Lipinski definition) is 2. The van der Waals surface area contributed by atoms with Gasteiger partial charge in [0.15, 0.2) is 0 Å². The maximum atomic E-state index is 12.2. The molecule has 2 amide bonds. The highest BCUT2D eigenvalue weighted by molar-refractivity contribution is 5.97. The molecule has 0 radical (unpaired) electrons. The fourth-order valence-corrected chi connectivity index (χ4v) is 2.28. The third-order valence-corrected chi connectivity index (χ3v) is 3.58. The normalized spacial score (nSPS) is 16.4. The summed E-state index contributed by atoms with van der Waals surface area (Å²) in [6.07, 6.45) is 1.67. The van der Waals surface area contributed by atoms with E-state index in [2.05, 4.69) is 0 Å². The highest BCUT2D eigenvalue weighted by Gasteiger charge is 2.23. The van der Waals surface area contributed by atoms with Crippen molar-refractivity contribution in [2.24, 2.45) is 11.7 Å². The van der Waals surface area contributed by atoms with E-state index in [0.717, 1.165) is 12.8 Å². The molecule has 1 aromatic rings. The molecular formula is C14H18N2O3. The summed E-state index contributed by atoms with van der Waals surface area (Å²) in [5.41, 5.74) is 6.12. The van der Waals surface area contributed by atoms with Gasteiger partial charge >= 0.3 is 0 Å². The molecule has 5 heteroatoms. The number of carbonyl (C=O) groups excluding carboxylic acids is 2. The molecule has 1 aliphatic rings. The SMILES string of the molecule is NC(=O)c1ccc(C(=O)N2CCC(CO)CC2)cc1. The molecule has 2 rings (SSSR count). The lowest BCUT2D eigenvalue weighted by atomic mass is 9.97. The van der Waals surface area contributed by atoms with Crippen LogP contribution in [0.15, 0.2) is 24.3 Å². The monoisotopic (exact) mass is 262 g/mol. The van der Waals surface area contributed by atoms with E-state index in [1.807, 2.05) is 0 Å². The van der Waals surface area contributed by atoms with E-state index in [0.29, 0.717) is 30.1 Å². The maximum Gasteiger partial charge on any atom is 0.253 e. The Kier molecular flexibility index (Phi) is 4.16. The molecule has 3 N–H and O–H groups in total. The molecule has 1 heterocycles. The number of amides is 2. The predicted molar refractivity (Wildman–Crippen MR) is 70.7 cm³/mol. The van der Waals surface area contributed by atoms with Gasteiger partial charge in [0.05, 0.1) is 0 Å². The second-order valence-corrected chi connectivity index (χ2v) is 4.86. The van der Waals surface area contributed by atoms with Crippen molar-refractivity contribution < 1.29 is 14.7 Å². The first kappa shape index (κ1) is 13.5. The first-order valence-electron chi connectivity index (χ1n) is 6.42. The molecule has 0 aromatic heterocycles. The van der Waals surface area contributed by atoms with Crippen molar-refractivity contribution in [1.82, 2.24) is 4.90 Å². The highest BCUT2D eigenvalue weighted by Crippen LogP contribution is 2.18. The van der Waals surface area contributed by atoms with Crippen LogP contribution in [0.2, 0.25) is 0 Å². The smallest absolute Gasteiger partial charge is 0.253 e. The molecule has 0 aliphatic carbocycles. The van der Waals surface area contributed by atoms with E-state index >= 15 is 0 Å². The molecule has 1 aromatic carbocycles. The van der Waals surface area contributed by atoms with Crippen LogP contribution in [0.25, 0.3) is 0 Å². The minimum atomic E-state index is -0.497. The number of piperidine rings is 1. The van der Waals surface area contributed by atoms with E-state index in [1.54, 1.807) is 29.2 Å². The van der Waals surface area contributed by atoms with Gasteiger partial charge in [0.1, 0.15) is 0 Å². The molecule has 0 atom stereocenters. The van der Waals surface area contributed by atoms with Gasteiger partial charge < -0.3 is 15.7 Å². The number of nitrogens with two attached hydrogens (primary N) is 1. The summed E-state index contributed by atoms with van der Waals surface area (Å²) in [7, 11) is 0. The number of aliphatic hydroxyl groups excluding tert-OH is 1. The number of primary amides is 1. The molecule has 1 aliphatic heterocycles. The molecule has 1 saturated heterocycles. The van der Waals surface area contributed by atoms with E-state index in [4.69, 9.17) is 10.8 Å². The van der Waals surface area contributed by atoms with Crippen LogP contribution < -0.4 is 5.73 Å². The Hall–Kier alpha value is -1.88. The minimum Gasteiger partial charge on any atom is -0.396 e. The standard InChI is InChI=1S/C14H18N2O3/c15-13(18)11-1-3-12(4-2-11)14(19)16-7-5-10(9-17)6-8-16/h1-4,10,17H,5-9H2,(H2,15,18). The maximum absolute atomic E-state index is 12.2. The quantitative estimate of drug-likeness (QED) is 0.838. The molecular weight excluding hydrogens is 244 g/mol. The number of benzene rings is 1. The van der Waals surface area contributed by atoms with Crippen LogP contribution in [0.5, 0.6) is 0 Å². The summed E-state index contributed by atoms with van der Waals surface area (Å²) in [5, 5.41) is 9.07. The topological polar surface area (TPSA) is 83.6 Å². The molecule has 19 heavy (non-hydrogen) atoms. The van der Waals surface area contributed by atoms with Gasteiger partial charge in [0.2, 0.25) is 5.91 Å². The summed E-state index contributed by atoms with van der Waals surface area (Å²) in [6, 6.07) is 6.38. The van der Waals surface area contributed by atoms with Gasteiger partial charge in [0, 0.05) is 30.8 Å². The van der Waals surface area contributed by atoms with Crippen molar-refractivity contribution >= 4 is 11.8 Å². The largest absolute Gasteiger partial charge is 0.396 e. The summed E-state index contributed by atoms with van der Waals surface area (Å²) in [6.45, 7) is 1.53. The average Bonchev–Trinajstić information content (AvgIpc) is 2.46. The van der Waals surface area contributed by atoms with Gasteiger partial charge in [-0.25, -0.2) is 0 Å². The third-order valence-electron chi connectivity index (χ3n) is 3.58. The van der Waals surface area contributed by atoms with Gasteiger partial charge in [-0.2, -0.15) is 0 Å². The van der Waals surface area contributed by atoms with Crippen molar-refractivity contribution in [3.8, 4) is 0 Å². The van der Waals surface area contributed by atoms with Gasteiger partial charge in [-0.05, 0) is 43.0 Å². The zero-order chi connectivity index (χ0) is 13.8. The number of hydrogen-bond acceptors (Lipinski definition) is 3. The number of rotatable bonds is 3. The zero-order valence-corrected chi connectivity index (χ0v) is 10.7. The number of likely N-dealkylation sites (tertiary alicyclic amines) is 1. The Labute approximate surface area is 112 Å². The average molecular weight is 262 g/mol. The zero-order valence-electron chi connectivity index (χ0n) is 10.7. The summed E-state index contributed by atoms with van der Waals surface area (Å²) >= 11 is 0. The van der Waals surface area contributed by atoms with Crippen LogP contribution in [0.1, 0.15) is 33.6 Å². The van der Waals surface area contributed by atoms with E-state index in [1.165, 1.54) is 0 Å². The van der Waals surface area contributed by atoms with Crippen LogP contribution >= 0.6 is 0 Å². The minimum absolute atomic E-state index is 0.0348. The molecule has 0 spiro atoms. The Bertz CT molecular complexity index is 462. The number of aliphatic hydroxyl groups is 1. The fraction of sp³-hybridized carbons (Fsp3) is 0.429. The summed E-state index contributed by atoms with van der Waals surface area (Å²) in [5.74, 6) is -0.226. The first-order valence-corrected chi connectivity index (χ1v) is 6.42.